The summed E-state index contributed by atoms with van der Waals surface area (Å²) in [6, 6.07) is 9.00. The van der Waals surface area contributed by atoms with Crippen molar-refractivity contribution in [3.05, 3.63) is 47.7 Å². The minimum absolute atomic E-state index is 0.0688. The molecule has 1 aliphatic rings. The highest BCUT2D eigenvalue weighted by Crippen LogP contribution is 2.31. The number of sulfone groups is 1. The smallest absolute Gasteiger partial charge is 0.201 e. The van der Waals surface area contributed by atoms with Gasteiger partial charge in [0.15, 0.2) is 5.03 Å². The van der Waals surface area contributed by atoms with Crippen LogP contribution < -0.4 is 10.5 Å². The molecule has 0 spiro atoms. The lowest BCUT2D eigenvalue weighted by Crippen LogP contribution is -2.26. The molecule has 3 rings (SSSR count). The third-order valence-corrected chi connectivity index (χ3v) is 5.20. The molecule has 0 fully saturated rings. The van der Waals surface area contributed by atoms with Gasteiger partial charge in [0.25, 0.3) is 0 Å². The minimum Gasteiger partial charge on any atom is -0.489 e. The molecule has 1 aliphatic heterocycles. The van der Waals surface area contributed by atoms with Crippen LogP contribution in [-0.2, 0) is 16.3 Å². The van der Waals surface area contributed by atoms with Crippen molar-refractivity contribution >= 4 is 15.5 Å². The normalized spacial score (nSPS) is 17.3. The average Bonchev–Trinajstić information content (AvgIpc) is 2.79. The van der Waals surface area contributed by atoms with Crippen molar-refractivity contribution in [2.75, 3.05) is 11.5 Å². The van der Waals surface area contributed by atoms with Crippen LogP contribution in [-0.4, -0.2) is 25.3 Å². The summed E-state index contributed by atoms with van der Waals surface area (Å²) in [7, 11) is -3.56. The largest absolute Gasteiger partial charge is 0.489 e. The fourth-order valence-electron chi connectivity index (χ4n) is 2.53. The van der Waals surface area contributed by atoms with Crippen LogP contribution in [0.4, 0.5) is 5.69 Å². The molecular formula is C15H16N2O3S. The molecule has 110 valence electrons. The molecule has 2 heterocycles. The summed E-state index contributed by atoms with van der Waals surface area (Å²) >= 11 is 0. The van der Waals surface area contributed by atoms with E-state index in [-0.39, 0.29) is 16.5 Å². The van der Waals surface area contributed by atoms with Crippen LogP contribution in [0.25, 0.3) is 0 Å². The van der Waals surface area contributed by atoms with Gasteiger partial charge < -0.3 is 10.5 Å². The third-order valence-electron chi connectivity index (χ3n) is 3.46. The van der Waals surface area contributed by atoms with E-state index in [1.165, 1.54) is 12.3 Å². The van der Waals surface area contributed by atoms with E-state index in [0.29, 0.717) is 6.42 Å². The zero-order valence-electron chi connectivity index (χ0n) is 11.6. The van der Waals surface area contributed by atoms with Gasteiger partial charge in [0.05, 0.1) is 11.4 Å². The van der Waals surface area contributed by atoms with Crippen LogP contribution >= 0.6 is 0 Å². The van der Waals surface area contributed by atoms with E-state index in [0.717, 1.165) is 16.9 Å². The predicted molar refractivity (Wildman–Crippen MR) is 80.0 cm³/mol. The van der Waals surface area contributed by atoms with E-state index >= 15 is 0 Å². The number of nitrogen functional groups attached to an aromatic ring is 1. The van der Waals surface area contributed by atoms with Crippen LogP contribution in [0.3, 0.4) is 0 Å². The van der Waals surface area contributed by atoms with Gasteiger partial charge in [0, 0.05) is 12.6 Å². The van der Waals surface area contributed by atoms with Crippen molar-refractivity contribution in [1.82, 2.24) is 4.98 Å². The Morgan fingerprint density at radius 3 is 2.95 bits per heavy atom. The summed E-state index contributed by atoms with van der Waals surface area (Å²) in [4.78, 5) is 3.89. The number of nitrogens with two attached hydrogens (primary N) is 1. The lowest BCUT2D eigenvalue weighted by atomic mass is 10.1. The first-order valence-electron chi connectivity index (χ1n) is 6.65. The van der Waals surface area contributed by atoms with Crippen molar-refractivity contribution in [3.63, 3.8) is 0 Å². The van der Waals surface area contributed by atoms with E-state index in [9.17, 15) is 8.42 Å². The Balaban J connectivity index is 1.81. The third kappa shape index (κ3) is 2.71. The van der Waals surface area contributed by atoms with Gasteiger partial charge >= 0.3 is 0 Å². The van der Waals surface area contributed by atoms with E-state index < -0.39 is 15.9 Å². The summed E-state index contributed by atoms with van der Waals surface area (Å²) in [5, 5.41) is -0.0688. The number of aromatic nitrogens is 1. The van der Waals surface area contributed by atoms with E-state index in [4.69, 9.17) is 10.5 Å². The number of hydrogen-bond donors (Lipinski definition) is 1. The maximum Gasteiger partial charge on any atom is 0.201 e. The van der Waals surface area contributed by atoms with Crippen LogP contribution in [0.1, 0.15) is 11.1 Å². The fraction of sp³-hybridized carbons (Fsp3) is 0.267. The second-order valence-electron chi connectivity index (χ2n) is 5.23. The van der Waals surface area contributed by atoms with Gasteiger partial charge in [-0.25, -0.2) is 13.4 Å². The molecule has 0 bridgehead atoms. The first-order chi connectivity index (χ1) is 9.95. The van der Waals surface area contributed by atoms with Gasteiger partial charge in [0.1, 0.15) is 11.9 Å². The summed E-state index contributed by atoms with van der Waals surface area (Å²) < 4.78 is 30.5. The standard InChI is InChI=1S/C15H16N2O3S/c1-10-4-5-14-11(7-10)8-12(20-14)9-21(18,19)15-13(16)3-2-6-17-15/h2-7,12H,8-9,16H2,1H3. The molecule has 2 N–H and O–H groups in total. The number of anilines is 1. The summed E-state index contributed by atoms with van der Waals surface area (Å²) in [5.41, 5.74) is 8.05. The molecule has 0 saturated carbocycles. The maximum atomic E-state index is 12.4. The van der Waals surface area contributed by atoms with Crippen molar-refractivity contribution in [3.8, 4) is 5.75 Å². The number of fused-ring (bicyclic) bond motifs is 1. The first kappa shape index (κ1) is 13.9. The molecule has 0 saturated heterocycles. The van der Waals surface area contributed by atoms with Crippen molar-refractivity contribution < 1.29 is 13.2 Å². The van der Waals surface area contributed by atoms with E-state index in [1.807, 2.05) is 25.1 Å². The highest BCUT2D eigenvalue weighted by molar-refractivity contribution is 7.91. The highest BCUT2D eigenvalue weighted by atomic mass is 32.2. The van der Waals surface area contributed by atoms with Crippen molar-refractivity contribution in [1.29, 1.82) is 0 Å². The average molecular weight is 304 g/mol. The molecule has 21 heavy (non-hydrogen) atoms. The molecule has 2 aromatic rings. The fourth-order valence-corrected chi connectivity index (χ4v) is 4.01. The molecule has 0 radical (unpaired) electrons. The number of hydrogen-bond acceptors (Lipinski definition) is 5. The highest BCUT2D eigenvalue weighted by Gasteiger charge is 2.30. The molecular weight excluding hydrogens is 288 g/mol. The van der Waals surface area contributed by atoms with E-state index in [1.54, 1.807) is 6.07 Å². The number of nitrogens with zero attached hydrogens (tertiary/aromatic N) is 1. The number of aryl methyl sites for hydroxylation is 1. The lowest BCUT2D eigenvalue weighted by molar-refractivity contribution is 0.256. The van der Waals surface area contributed by atoms with Crippen LogP contribution in [0.2, 0.25) is 0 Å². The second kappa shape index (κ2) is 5.04. The van der Waals surface area contributed by atoms with E-state index in [2.05, 4.69) is 4.98 Å². The van der Waals surface area contributed by atoms with Gasteiger partial charge in [-0.3, -0.25) is 0 Å². The molecule has 6 heteroatoms. The zero-order chi connectivity index (χ0) is 15.0. The Bertz CT molecular complexity index is 787. The summed E-state index contributed by atoms with van der Waals surface area (Å²) in [6.45, 7) is 2.00. The first-order valence-corrected chi connectivity index (χ1v) is 8.30. The van der Waals surface area contributed by atoms with Gasteiger partial charge in [0.2, 0.25) is 9.84 Å². The topological polar surface area (TPSA) is 82.3 Å². The van der Waals surface area contributed by atoms with Crippen LogP contribution in [0.15, 0.2) is 41.6 Å². The van der Waals surface area contributed by atoms with Crippen molar-refractivity contribution in [2.24, 2.45) is 0 Å². The molecule has 1 aromatic heterocycles. The Kier molecular flexibility index (Phi) is 3.33. The minimum atomic E-state index is -3.56. The summed E-state index contributed by atoms with van der Waals surface area (Å²) in [5.74, 6) is 0.636. The number of ether oxygens (including phenoxy) is 1. The van der Waals surface area contributed by atoms with Gasteiger partial charge in [-0.2, -0.15) is 0 Å². The molecule has 1 unspecified atom stereocenters. The molecule has 5 nitrogen and oxygen atoms in total. The Labute approximate surface area is 123 Å². The Morgan fingerprint density at radius 1 is 1.38 bits per heavy atom. The molecule has 0 aliphatic carbocycles. The summed E-state index contributed by atoms with van der Waals surface area (Å²) in [6.07, 6.45) is 1.62. The molecule has 0 amide bonds. The number of rotatable bonds is 3. The van der Waals surface area contributed by atoms with Gasteiger partial charge in [-0.1, -0.05) is 17.7 Å². The van der Waals surface area contributed by atoms with Crippen LogP contribution in [0, 0.1) is 6.92 Å². The lowest BCUT2D eigenvalue weighted by Gasteiger charge is -2.11. The van der Waals surface area contributed by atoms with Gasteiger partial charge in [-0.05, 0) is 30.7 Å². The Hall–Kier alpha value is -2.08. The van der Waals surface area contributed by atoms with Crippen molar-refractivity contribution in [2.45, 2.75) is 24.5 Å². The Morgan fingerprint density at radius 2 is 2.19 bits per heavy atom. The van der Waals surface area contributed by atoms with Gasteiger partial charge in [-0.15, -0.1) is 0 Å². The predicted octanol–water partition coefficient (Wildman–Crippen LogP) is 1.75. The molecule has 1 atom stereocenters. The quantitative estimate of drug-likeness (QED) is 0.934. The zero-order valence-corrected chi connectivity index (χ0v) is 12.4. The second-order valence-corrected chi connectivity index (χ2v) is 7.18. The monoisotopic (exact) mass is 304 g/mol. The molecule has 1 aromatic carbocycles. The number of benzene rings is 1. The number of pyridine rings is 1. The SMILES string of the molecule is Cc1ccc2c(c1)CC(CS(=O)(=O)c1ncccc1N)O2. The van der Waals surface area contributed by atoms with Crippen LogP contribution in [0.5, 0.6) is 5.75 Å². The maximum absolute atomic E-state index is 12.4.